The van der Waals surface area contributed by atoms with Crippen LogP contribution >= 0.6 is 0 Å². The molecule has 26 heavy (non-hydrogen) atoms. The smallest absolute Gasteiger partial charge is 0.272 e. The van der Waals surface area contributed by atoms with Gasteiger partial charge in [-0.15, -0.1) is 0 Å². The molecular weight excluding hydrogens is 330 g/mol. The fourth-order valence-corrected chi connectivity index (χ4v) is 3.40. The number of H-pyrrole nitrogens is 1. The number of aryl methyl sites for hydroxylation is 1. The number of benzene rings is 1. The Hall–Kier alpha value is -2.96. The van der Waals surface area contributed by atoms with Crippen LogP contribution < -0.4 is 0 Å². The van der Waals surface area contributed by atoms with Crippen LogP contribution in [0.3, 0.4) is 0 Å². The SMILES string of the molecule is Cc1ccc(-c2cc(C(=O)N3CCCCCC3c3ncon3)[nH]n2)cc1. The van der Waals surface area contributed by atoms with E-state index in [9.17, 15) is 4.79 Å². The zero-order valence-corrected chi connectivity index (χ0v) is 14.7. The van der Waals surface area contributed by atoms with E-state index < -0.39 is 0 Å². The molecular formula is C19H21N5O2. The topological polar surface area (TPSA) is 87.9 Å². The minimum absolute atomic E-state index is 0.0763. The zero-order chi connectivity index (χ0) is 17.9. The van der Waals surface area contributed by atoms with Gasteiger partial charge in [0, 0.05) is 12.1 Å². The van der Waals surface area contributed by atoms with Crippen molar-refractivity contribution in [3.63, 3.8) is 0 Å². The number of nitrogens with zero attached hydrogens (tertiary/aromatic N) is 4. The van der Waals surface area contributed by atoms with Gasteiger partial charge < -0.3 is 9.42 Å². The molecule has 7 nitrogen and oxygen atoms in total. The quantitative estimate of drug-likeness (QED) is 0.780. The van der Waals surface area contributed by atoms with E-state index >= 15 is 0 Å². The lowest BCUT2D eigenvalue weighted by molar-refractivity contribution is 0.0664. The van der Waals surface area contributed by atoms with Crippen molar-refractivity contribution in [3.8, 4) is 11.3 Å². The van der Waals surface area contributed by atoms with E-state index in [0.29, 0.717) is 18.1 Å². The first-order chi connectivity index (χ1) is 12.7. The van der Waals surface area contributed by atoms with Crippen LogP contribution in [0.25, 0.3) is 11.3 Å². The maximum atomic E-state index is 13.1. The van der Waals surface area contributed by atoms with E-state index in [4.69, 9.17) is 4.52 Å². The second-order valence-electron chi connectivity index (χ2n) is 6.69. The average molecular weight is 351 g/mol. The fraction of sp³-hybridized carbons (Fsp3) is 0.368. The summed E-state index contributed by atoms with van der Waals surface area (Å²) in [4.78, 5) is 19.1. The number of rotatable bonds is 3. The van der Waals surface area contributed by atoms with Crippen molar-refractivity contribution in [1.29, 1.82) is 0 Å². The second kappa shape index (κ2) is 7.11. The molecule has 0 aliphatic carbocycles. The number of amides is 1. The van der Waals surface area contributed by atoms with Gasteiger partial charge in [0.15, 0.2) is 5.82 Å². The number of aromatic nitrogens is 4. The lowest BCUT2D eigenvalue weighted by atomic mass is 10.1. The van der Waals surface area contributed by atoms with Crippen molar-refractivity contribution in [2.45, 2.75) is 38.6 Å². The molecule has 3 aromatic rings. The Kier molecular flexibility index (Phi) is 4.51. The third kappa shape index (κ3) is 3.24. The van der Waals surface area contributed by atoms with Gasteiger partial charge in [0.1, 0.15) is 5.69 Å². The van der Waals surface area contributed by atoms with Crippen LogP contribution in [0.1, 0.15) is 53.6 Å². The molecule has 1 aliphatic rings. The van der Waals surface area contributed by atoms with E-state index in [1.165, 1.54) is 12.0 Å². The summed E-state index contributed by atoms with van der Waals surface area (Å²) >= 11 is 0. The molecule has 0 bridgehead atoms. The van der Waals surface area contributed by atoms with Crippen LogP contribution in [-0.4, -0.2) is 37.7 Å². The van der Waals surface area contributed by atoms with Crippen LogP contribution in [-0.2, 0) is 0 Å². The van der Waals surface area contributed by atoms with Gasteiger partial charge in [0.25, 0.3) is 5.91 Å². The summed E-state index contributed by atoms with van der Waals surface area (Å²) in [6, 6.07) is 9.74. The highest BCUT2D eigenvalue weighted by Gasteiger charge is 2.31. The van der Waals surface area contributed by atoms with Crippen molar-refractivity contribution in [2.75, 3.05) is 6.54 Å². The monoisotopic (exact) mass is 351 g/mol. The third-order valence-corrected chi connectivity index (χ3v) is 4.85. The number of aromatic amines is 1. The minimum Gasteiger partial charge on any atom is -0.343 e. The zero-order valence-electron chi connectivity index (χ0n) is 14.7. The highest BCUT2D eigenvalue weighted by molar-refractivity contribution is 5.93. The van der Waals surface area contributed by atoms with E-state index in [0.717, 1.165) is 36.9 Å². The summed E-state index contributed by atoms with van der Waals surface area (Å²) < 4.78 is 4.89. The Balaban J connectivity index is 1.60. The molecule has 2 aromatic heterocycles. The molecule has 1 amide bonds. The summed E-state index contributed by atoms with van der Waals surface area (Å²) in [7, 11) is 0. The van der Waals surface area contributed by atoms with Crippen LogP contribution in [0.15, 0.2) is 41.2 Å². The molecule has 0 radical (unpaired) electrons. The molecule has 0 spiro atoms. The molecule has 134 valence electrons. The number of hydrogen-bond donors (Lipinski definition) is 1. The minimum atomic E-state index is -0.158. The Morgan fingerprint density at radius 3 is 2.85 bits per heavy atom. The summed E-state index contributed by atoms with van der Waals surface area (Å²) in [5.74, 6) is 0.492. The number of hydrogen-bond acceptors (Lipinski definition) is 5. The van der Waals surface area contributed by atoms with E-state index in [1.54, 1.807) is 0 Å². The van der Waals surface area contributed by atoms with Crippen molar-refractivity contribution in [3.05, 3.63) is 53.8 Å². The predicted molar refractivity (Wildman–Crippen MR) is 95.3 cm³/mol. The first-order valence-corrected chi connectivity index (χ1v) is 8.92. The summed E-state index contributed by atoms with van der Waals surface area (Å²) in [5.41, 5.74) is 3.42. The molecule has 1 atom stereocenters. The number of likely N-dealkylation sites (tertiary alicyclic amines) is 1. The molecule has 1 N–H and O–H groups in total. The maximum absolute atomic E-state index is 13.1. The van der Waals surface area contributed by atoms with Crippen molar-refractivity contribution < 1.29 is 9.32 Å². The molecule has 1 fully saturated rings. The van der Waals surface area contributed by atoms with Gasteiger partial charge in [-0.3, -0.25) is 9.89 Å². The summed E-state index contributed by atoms with van der Waals surface area (Å²) in [5, 5.41) is 11.2. The Bertz CT molecular complexity index is 870. The average Bonchev–Trinajstić information content (AvgIpc) is 3.30. The highest BCUT2D eigenvalue weighted by atomic mass is 16.5. The lowest BCUT2D eigenvalue weighted by Gasteiger charge is -2.27. The molecule has 0 saturated carbocycles. The van der Waals surface area contributed by atoms with Gasteiger partial charge >= 0.3 is 0 Å². The maximum Gasteiger partial charge on any atom is 0.272 e. The lowest BCUT2D eigenvalue weighted by Crippen LogP contribution is -2.35. The van der Waals surface area contributed by atoms with Crippen molar-refractivity contribution in [2.24, 2.45) is 0 Å². The fourth-order valence-electron chi connectivity index (χ4n) is 3.40. The van der Waals surface area contributed by atoms with Crippen LogP contribution in [0.4, 0.5) is 0 Å². The molecule has 1 aromatic carbocycles. The normalized spacial score (nSPS) is 17.9. The number of carbonyl (C=O) groups excluding carboxylic acids is 1. The van der Waals surface area contributed by atoms with Crippen LogP contribution in [0, 0.1) is 6.92 Å². The van der Waals surface area contributed by atoms with E-state index in [-0.39, 0.29) is 11.9 Å². The summed E-state index contributed by atoms with van der Waals surface area (Å²) in [6.45, 7) is 2.72. The Labute approximate surface area is 151 Å². The van der Waals surface area contributed by atoms with Gasteiger partial charge in [-0.1, -0.05) is 47.8 Å². The van der Waals surface area contributed by atoms with Crippen LogP contribution in [0.2, 0.25) is 0 Å². The van der Waals surface area contributed by atoms with Crippen molar-refractivity contribution in [1.82, 2.24) is 25.2 Å². The summed E-state index contributed by atoms with van der Waals surface area (Å²) in [6.07, 6.45) is 5.26. The van der Waals surface area contributed by atoms with E-state index in [2.05, 4.69) is 20.3 Å². The Morgan fingerprint density at radius 2 is 2.08 bits per heavy atom. The first kappa shape index (κ1) is 16.5. The van der Waals surface area contributed by atoms with Gasteiger partial charge in [-0.2, -0.15) is 10.1 Å². The highest BCUT2D eigenvalue weighted by Crippen LogP contribution is 2.29. The number of nitrogens with one attached hydrogen (secondary N) is 1. The Morgan fingerprint density at radius 1 is 1.23 bits per heavy atom. The van der Waals surface area contributed by atoms with Gasteiger partial charge in [-0.05, 0) is 25.8 Å². The molecule has 3 heterocycles. The first-order valence-electron chi connectivity index (χ1n) is 8.92. The standard InChI is InChI=1S/C19H21N5O2/c1-13-6-8-14(9-7-13)15-11-16(22-21-15)19(25)24-10-4-2-3-5-17(24)18-20-12-26-23-18/h6-9,11-12,17H,2-5,10H2,1H3,(H,21,22). The van der Waals surface area contributed by atoms with Gasteiger partial charge in [0.2, 0.25) is 6.39 Å². The largest absolute Gasteiger partial charge is 0.343 e. The molecule has 1 saturated heterocycles. The molecule has 1 unspecified atom stereocenters. The second-order valence-corrected chi connectivity index (χ2v) is 6.69. The molecule has 1 aliphatic heterocycles. The van der Waals surface area contributed by atoms with Gasteiger partial charge in [-0.25, -0.2) is 0 Å². The molecule has 7 heteroatoms. The van der Waals surface area contributed by atoms with Gasteiger partial charge in [0.05, 0.1) is 11.7 Å². The molecule has 4 rings (SSSR count). The number of carbonyl (C=O) groups is 1. The predicted octanol–water partition coefficient (Wildman–Crippen LogP) is 3.53. The third-order valence-electron chi connectivity index (χ3n) is 4.85. The van der Waals surface area contributed by atoms with Crippen LogP contribution in [0.5, 0.6) is 0 Å². The van der Waals surface area contributed by atoms with Crippen molar-refractivity contribution >= 4 is 5.91 Å². The van der Waals surface area contributed by atoms with E-state index in [1.807, 2.05) is 42.2 Å².